The molecule has 1 fully saturated rings. The summed E-state index contributed by atoms with van der Waals surface area (Å²) in [4.78, 5) is 4.40. The van der Waals surface area contributed by atoms with Crippen LogP contribution in [0.2, 0.25) is 0 Å². The van der Waals surface area contributed by atoms with Crippen molar-refractivity contribution in [1.82, 2.24) is 14.9 Å². The maximum atomic E-state index is 4.40. The van der Waals surface area contributed by atoms with Crippen LogP contribution >= 0.6 is 11.8 Å². The molecule has 0 bridgehead atoms. The van der Waals surface area contributed by atoms with E-state index in [4.69, 9.17) is 0 Å². The van der Waals surface area contributed by atoms with Crippen molar-refractivity contribution in [2.45, 2.75) is 43.9 Å². The third-order valence-electron chi connectivity index (χ3n) is 3.48. The molecule has 1 aromatic rings. The number of hydrogen-bond acceptors (Lipinski definition) is 3. The van der Waals surface area contributed by atoms with Crippen molar-refractivity contribution in [3.8, 4) is 0 Å². The molecule has 2 atom stereocenters. The van der Waals surface area contributed by atoms with Crippen LogP contribution in [0.25, 0.3) is 0 Å². The second-order valence-electron chi connectivity index (χ2n) is 4.71. The summed E-state index contributed by atoms with van der Waals surface area (Å²) in [6.45, 7) is 3.27. The molecular formula is C13H23N3S. The molecule has 0 radical (unpaired) electrons. The Morgan fingerprint density at radius 1 is 1.65 bits per heavy atom. The molecule has 1 saturated heterocycles. The lowest BCUT2D eigenvalue weighted by Crippen LogP contribution is -2.37. The Hall–Kier alpha value is -0.480. The fraction of sp³-hybridized carbons (Fsp3) is 0.769. The molecule has 17 heavy (non-hydrogen) atoms. The molecule has 1 aliphatic rings. The molecule has 2 heterocycles. The van der Waals surface area contributed by atoms with E-state index >= 15 is 0 Å². The molecule has 0 saturated carbocycles. The number of nitrogens with one attached hydrogen (secondary N) is 1. The van der Waals surface area contributed by atoms with Crippen molar-refractivity contribution in [2.75, 3.05) is 12.3 Å². The minimum atomic E-state index is 0.657. The van der Waals surface area contributed by atoms with E-state index < -0.39 is 0 Å². The van der Waals surface area contributed by atoms with Crippen LogP contribution in [-0.4, -0.2) is 33.1 Å². The van der Waals surface area contributed by atoms with Gasteiger partial charge in [-0.2, -0.15) is 11.8 Å². The number of imidazole rings is 1. The molecule has 1 N–H and O–H groups in total. The van der Waals surface area contributed by atoms with Gasteiger partial charge in [0.25, 0.3) is 0 Å². The SMILES string of the molecule is CCNC(CCc1nccn1C)C1CCCS1. The van der Waals surface area contributed by atoms with Crippen LogP contribution < -0.4 is 5.32 Å². The molecule has 0 amide bonds. The lowest BCUT2D eigenvalue weighted by Gasteiger charge is -2.23. The summed E-state index contributed by atoms with van der Waals surface area (Å²) < 4.78 is 2.13. The van der Waals surface area contributed by atoms with Gasteiger partial charge in [0.1, 0.15) is 5.82 Å². The van der Waals surface area contributed by atoms with Gasteiger partial charge in [-0.1, -0.05) is 6.92 Å². The summed E-state index contributed by atoms with van der Waals surface area (Å²) in [5.41, 5.74) is 0. The van der Waals surface area contributed by atoms with E-state index in [0.29, 0.717) is 6.04 Å². The molecule has 0 aliphatic carbocycles. The highest BCUT2D eigenvalue weighted by molar-refractivity contribution is 8.00. The van der Waals surface area contributed by atoms with Gasteiger partial charge >= 0.3 is 0 Å². The third-order valence-corrected chi connectivity index (χ3v) is 5.00. The molecule has 3 nitrogen and oxygen atoms in total. The van der Waals surface area contributed by atoms with Crippen molar-refractivity contribution in [1.29, 1.82) is 0 Å². The van der Waals surface area contributed by atoms with E-state index in [1.165, 1.54) is 30.8 Å². The Bertz CT molecular complexity index is 331. The number of hydrogen-bond donors (Lipinski definition) is 1. The Labute approximate surface area is 108 Å². The maximum Gasteiger partial charge on any atom is 0.108 e. The number of nitrogens with zero attached hydrogens (tertiary/aromatic N) is 2. The summed E-state index contributed by atoms with van der Waals surface area (Å²) in [7, 11) is 2.08. The first kappa shape index (κ1) is 13.0. The zero-order valence-corrected chi connectivity index (χ0v) is 11.7. The van der Waals surface area contributed by atoms with Gasteiger partial charge in [0.05, 0.1) is 0 Å². The minimum absolute atomic E-state index is 0.657. The summed E-state index contributed by atoms with van der Waals surface area (Å²) in [6, 6.07) is 0.657. The molecule has 0 aromatic carbocycles. The monoisotopic (exact) mass is 253 g/mol. The van der Waals surface area contributed by atoms with Crippen LogP contribution in [0.5, 0.6) is 0 Å². The van der Waals surface area contributed by atoms with Gasteiger partial charge in [0, 0.05) is 37.2 Å². The summed E-state index contributed by atoms with van der Waals surface area (Å²) in [6.07, 6.45) is 8.97. The van der Waals surface area contributed by atoms with Gasteiger partial charge in [-0.05, 0) is 31.6 Å². The van der Waals surface area contributed by atoms with Crippen molar-refractivity contribution in [3.05, 3.63) is 18.2 Å². The molecule has 4 heteroatoms. The smallest absolute Gasteiger partial charge is 0.108 e. The molecule has 0 spiro atoms. The number of rotatable bonds is 6. The Morgan fingerprint density at radius 3 is 3.12 bits per heavy atom. The zero-order chi connectivity index (χ0) is 12.1. The lowest BCUT2D eigenvalue weighted by molar-refractivity contribution is 0.462. The molecular weight excluding hydrogens is 230 g/mol. The average Bonchev–Trinajstić information content (AvgIpc) is 2.96. The Balaban J connectivity index is 1.86. The predicted octanol–water partition coefficient (Wildman–Crippen LogP) is 2.23. The fourth-order valence-corrected chi connectivity index (χ4v) is 3.96. The van der Waals surface area contributed by atoms with Crippen LogP contribution in [-0.2, 0) is 13.5 Å². The van der Waals surface area contributed by atoms with Crippen LogP contribution in [0.4, 0.5) is 0 Å². The maximum absolute atomic E-state index is 4.40. The third kappa shape index (κ3) is 3.49. The van der Waals surface area contributed by atoms with E-state index in [-0.39, 0.29) is 0 Å². The quantitative estimate of drug-likeness (QED) is 0.843. The Kier molecular flexibility index (Phi) is 4.92. The Morgan fingerprint density at radius 2 is 2.53 bits per heavy atom. The number of thioether (sulfide) groups is 1. The normalized spacial score (nSPS) is 21.9. The van der Waals surface area contributed by atoms with Crippen molar-refractivity contribution in [3.63, 3.8) is 0 Å². The van der Waals surface area contributed by atoms with Gasteiger partial charge in [-0.3, -0.25) is 0 Å². The first-order valence-corrected chi connectivity index (χ1v) is 7.67. The molecule has 2 unspecified atom stereocenters. The minimum Gasteiger partial charge on any atom is -0.338 e. The topological polar surface area (TPSA) is 29.9 Å². The van der Waals surface area contributed by atoms with Crippen LogP contribution in [0.1, 0.15) is 32.0 Å². The molecule has 2 rings (SSSR count). The molecule has 1 aliphatic heterocycles. The largest absolute Gasteiger partial charge is 0.338 e. The van der Waals surface area contributed by atoms with Gasteiger partial charge in [-0.25, -0.2) is 4.98 Å². The highest BCUT2D eigenvalue weighted by atomic mass is 32.2. The van der Waals surface area contributed by atoms with Crippen LogP contribution in [0.3, 0.4) is 0 Å². The van der Waals surface area contributed by atoms with Gasteiger partial charge < -0.3 is 9.88 Å². The molecule has 96 valence electrons. The van der Waals surface area contributed by atoms with E-state index in [0.717, 1.165) is 18.2 Å². The second kappa shape index (κ2) is 6.45. The van der Waals surface area contributed by atoms with E-state index in [1.807, 2.05) is 12.4 Å². The zero-order valence-electron chi connectivity index (χ0n) is 10.9. The highest BCUT2D eigenvalue weighted by Gasteiger charge is 2.24. The summed E-state index contributed by atoms with van der Waals surface area (Å²) >= 11 is 2.14. The molecule has 1 aromatic heterocycles. The van der Waals surface area contributed by atoms with E-state index in [2.05, 4.69) is 40.6 Å². The highest BCUT2D eigenvalue weighted by Crippen LogP contribution is 2.30. The van der Waals surface area contributed by atoms with Gasteiger partial charge in [0.2, 0.25) is 0 Å². The fourth-order valence-electron chi connectivity index (χ4n) is 2.52. The van der Waals surface area contributed by atoms with E-state index in [9.17, 15) is 0 Å². The van der Waals surface area contributed by atoms with Crippen molar-refractivity contribution >= 4 is 11.8 Å². The summed E-state index contributed by atoms with van der Waals surface area (Å²) in [5, 5.41) is 4.46. The van der Waals surface area contributed by atoms with Crippen molar-refractivity contribution in [2.24, 2.45) is 7.05 Å². The standard InChI is InChI=1S/C13H23N3S/c1-3-14-11(12-5-4-10-17-12)6-7-13-15-8-9-16(13)2/h8-9,11-12,14H,3-7,10H2,1-2H3. The average molecular weight is 253 g/mol. The number of aryl methyl sites for hydroxylation is 2. The summed E-state index contributed by atoms with van der Waals surface area (Å²) in [5.74, 6) is 2.55. The van der Waals surface area contributed by atoms with Gasteiger partial charge in [-0.15, -0.1) is 0 Å². The van der Waals surface area contributed by atoms with Crippen LogP contribution in [0, 0.1) is 0 Å². The predicted molar refractivity (Wildman–Crippen MR) is 74.5 cm³/mol. The second-order valence-corrected chi connectivity index (χ2v) is 6.06. The van der Waals surface area contributed by atoms with Crippen LogP contribution in [0.15, 0.2) is 12.4 Å². The first-order chi connectivity index (χ1) is 8.31. The van der Waals surface area contributed by atoms with E-state index in [1.54, 1.807) is 0 Å². The first-order valence-electron chi connectivity index (χ1n) is 6.62. The lowest BCUT2D eigenvalue weighted by atomic mass is 10.0. The van der Waals surface area contributed by atoms with Gasteiger partial charge in [0.15, 0.2) is 0 Å². The number of aromatic nitrogens is 2. The van der Waals surface area contributed by atoms with Crippen molar-refractivity contribution < 1.29 is 0 Å².